The van der Waals surface area contributed by atoms with Crippen LogP contribution in [0, 0.1) is 29.5 Å². The molecule has 152 valence electrons. The molecule has 2 amide bonds. The van der Waals surface area contributed by atoms with Crippen molar-refractivity contribution in [3.8, 4) is 5.75 Å². The second-order valence-electron chi connectivity index (χ2n) is 7.84. The Balaban J connectivity index is 1.41. The van der Waals surface area contributed by atoms with Crippen LogP contribution in [0.2, 0.25) is 5.02 Å². The number of carbonyl (C=O) groups is 3. The van der Waals surface area contributed by atoms with Crippen molar-refractivity contribution >= 4 is 34.9 Å². The number of halogens is 2. The van der Waals surface area contributed by atoms with Crippen LogP contribution in [-0.4, -0.2) is 24.2 Å². The van der Waals surface area contributed by atoms with Gasteiger partial charge in [0.1, 0.15) is 11.6 Å². The molecule has 5 nitrogen and oxygen atoms in total. The second kappa shape index (κ2) is 7.06. The minimum atomic E-state index is -0.437. The van der Waals surface area contributed by atoms with Gasteiger partial charge in [-0.25, -0.2) is 9.29 Å². The number of hydrogen-bond acceptors (Lipinski definition) is 4. The van der Waals surface area contributed by atoms with Gasteiger partial charge in [0.25, 0.3) is 0 Å². The lowest BCUT2D eigenvalue weighted by Crippen LogP contribution is -2.33. The number of carbonyl (C=O) groups excluding carboxylic acids is 3. The Bertz CT molecular complexity index is 1070. The van der Waals surface area contributed by atoms with Crippen molar-refractivity contribution in [1.82, 2.24) is 0 Å². The maximum atomic E-state index is 13.1. The molecule has 0 radical (unpaired) electrons. The molecule has 1 saturated heterocycles. The number of benzene rings is 2. The van der Waals surface area contributed by atoms with Crippen LogP contribution >= 0.6 is 11.6 Å². The third-order valence-corrected chi connectivity index (χ3v) is 6.39. The fourth-order valence-corrected chi connectivity index (χ4v) is 4.96. The summed E-state index contributed by atoms with van der Waals surface area (Å²) < 4.78 is 18.7. The van der Waals surface area contributed by atoms with Gasteiger partial charge in [-0.05, 0) is 60.7 Å². The van der Waals surface area contributed by atoms with Gasteiger partial charge in [0.05, 0.1) is 17.5 Å². The Hall–Kier alpha value is -2.99. The van der Waals surface area contributed by atoms with E-state index < -0.39 is 5.82 Å². The molecule has 2 aromatic rings. The van der Waals surface area contributed by atoms with E-state index in [1.165, 1.54) is 36.4 Å². The number of imide groups is 1. The molecule has 1 aliphatic heterocycles. The molecular formula is C23H17ClFNO4. The number of hydrogen-bond donors (Lipinski definition) is 0. The zero-order valence-electron chi connectivity index (χ0n) is 15.8. The quantitative estimate of drug-likeness (QED) is 0.412. The number of Topliss-reactive ketones (excluding diaryl/α,β-unsaturated/α-hetero) is 1. The Morgan fingerprint density at radius 1 is 1.03 bits per heavy atom. The zero-order valence-corrected chi connectivity index (χ0v) is 16.5. The number of allylic oxidation sites excluding steroid dienone is 2. The molecule has 0 N–H and O–H groups in total. The van der Waals surface area contributed by atoms with E-state index in [9.17, 15) is 18.8 Å². The minimum absolute atomic E-state index is 0.0880. The van der Waals surface area contributed by atoms with Gasteiger partial charge in [-0.15, -0.1) is 0 Å². The van der Waals surface area contributed by atoms with Gasteiger partial charge >= 0.3 is 0 Å². The number of nitrogens with zero attached hydrogens (tertiary/aromatic N) is 1. The van der Waals surface area contributed by atoms with E-state index >= 15 is 0 Å². The summed E-state index contributed by atoms with van der Waals surface area (Å²) in [6.07, 6.45) is 4.89. The monoisotopic (exact) mass is 425 g/mol. The fraction of sp³-hybridized carbons (Fsp3) is 0.261. The Morgan fingerprint density at radius 3 is 2.30 bits per heavy atom. The van der Waals surface area contributed by atoms with Gasteiger partial charge in [-0.3, -0.25) is 14.4 Å². The third kappa shape index (κ3) is 2.94. The molecule has 1 saturated carbocycles. The lowest BCUT2D eigenvalue weighted by molar-refractivity contribution is -0.123. The zero-order chi connectivity index (χ0) is 21.0. The molecule has 2 fully saturated rings. The van der Waals surface area contributed by atoms with Gasteiger partial charge < -0.3 is 4.74 Å². The molecule has 2 aliphatic carbocycles. The largest absolute Gasteiger partial charge is 0.483 e. The predicted octanol–water partition coefficient (Wildman–Crippen LogP) is 4.05. The summed E-state index contributed by atoms with van der Waals surface area (Å²) in [6.45, 7) is -0.323. The van der Waals surface area contributed by atoms with Crippen LogP contribution < -0.4 is 9.64 Å². The van der Waals surface area contributed by atoms with E-state index in [1.54, 1.807) is 6.07 Å². The molecule has 0 unspecified atom stereocenters. The van der Waals surface area contributed by atoms with E-state index in [2.05, 4.69) is 0 Å². The predicted molar refractivity (Wildman–Crippen MR) is 108 cm³/mol. The van der Waals surface area contributed by atoms with Crippen LogP contribution in [0.3, 0.4) is 0 Å². The molecule has 5 rings (SSSR count). The van der Waals surface area contributed by atoms with Crippen LogP contribution in [0.25, 0.3) is 0 Å². The highest BCUT2D eigenvalue weighted by Crippen LogP contribution is 2.54. The van der Waals surface area contributed by atoms with Crippen molar-refractivity contribution in [2.45, 2.75) is 6.42 Å². The third-order valence-electron chi connectivity index (χ3n) is 6.16. The van der Waals surface area contributed by atoms with E-state index in [4.69, 9.17) is 16.3 Å². The van der Waals surface area contributed by atoms with Crippen LogP contribution in [-0.2, 0) is 9.59 Å². The maximum absolute atomic E-state index is 13.1. The average molecular weight is 426 g/mol. The maximum Gasteiger partial charge on any atom is 0.238 e. The number of anilines is 1. The van der Waals surface area contributed by atoms with Crippen molar-refractivity contribution in [3.05, 3.63) is 71.0 Å². The summed E-state index contributed by atoms with van der Waals surface area (Å²) in [5.41, 5.74) is 0.552. The minimum Gasteiger partial charge on any atom is -0.483 e. The van der Waals surface area contributed by atoms with Gasteiger partial charge in [-0.2, -0.15) is 0 Å². The van der Waals surface area contributed by atoms with E-state index in [0.717, 1.165) is 11.3 Å². The van der Waals surface area contributed by atoms with Crippen LogP contribution in [0.15, 0.2) is 54.6 Å². The fourth-order valence-electron chi connectivity index (χ4n) is 4.79. The summed E-state index contributed by atoms with van der Waals surface area (Å²) in [7, 11) is 0. The Labute approximate surface area is 177 Å². The molecule has 7 heteroatoms. The van der Waals surface area contributed by atoms with E-state index in [-0.39, 0.29) is 59.3 Å². The van der Waals surface area contributed by atoms with Crippen molar-refractivity contribution in [1.29, 1.82) is 0 Å². The van der Waals surface area contributed by atoms with Crippen LogP contribution in [0.1, 0.15) is 16.8 Å². The molecule has 30 heavy (non-hydrogen) atoms. The highest BCUT2D eigenvalue weighted by Gasteiger charge is 2.59. The lowest BCUT2D eigenvalue weighted by Gasteiger charge is -2.21. The number of fused-ring (bicyclic) bond motifs is 5. The average Bonchev–Trinajstić information content (AvgIpc) is 3.41. The van der Waals surface area contributed by atoms with Crippen molar-refractivity contribution in [2.75, 3.05) is 11.5 Å². The van der Waals surface area contributed by atoms with Gasteiger partial charge in [-0.1, -0.05) is 23.8 Å². The number of ketones is 1. The van der Waals surface area contributed by atoms with Crippen molar-refractivity contribution in [2.24, 2.45) is 23.7 Å². The highest BCUT2D eigenvalue weighted by atomic mass is 35.5. The summed E-state index contributed by atoms with van der Waals surface area (Å²) in [5, 5.41) is 0.348. The normalized spacial score (nSPS) is 26.4. The second-order valence-corrected chi connectivity index (χ2v) is 8.28. The summed E-state index contributed by atoms with van der Waals surface area (Å²) in [5.74, 6) is -1.59. The van der Waals surface area contributed by atoms with Crippen LogP contribution in [0.4, 0.5) is 10.1 Å². The molecule has 2 bridgehead atoms. The Morgan fingerprint density at radius 2 is 1.67 bits per heavy atom. The number of amides is 2. The first-order valence-corrected chi connectivity index (χ1v) is 10.1. The topological polar surface area (TPSA) is 63.7 Å². The van der Waals surface area contributed by atoms with E-state index in [0.29, 0.717) is 10.6 Å². The molecule has 1 heterocycles. The van der Waals surface area contributed by atoms with E-state index in [1.807, 2.05) is 12.2 Å². The SMILES string of the molecule is O=C(COc1ccc(Cl)cc1N1C(=O)[C@@H]2[C@@H](C1=O)[C@H]1C=C[C@@H]2C1)c1ccc(F)cc1. The summed E-state index contributed by atoms with van der Waals surface area (Å²) in [6, 6.07) is 9.76. The molecular weight excluding hydrogens is 409 g/mol. The van der Waals surface area contributed by atoms with Crippen molar-refractivity contribution < 1.29 is 23.5 Å². The first kappa shape index (κ1) is 19.0. The van der Waals surface area contributed by atoms with Crippen molar-refractivity contribution in [3.63, 3.8) is 0 Å². The first-order valence-electron chi connectivity index (χ1n) is 9.71. The number of ether oxygens (including phenoxy) is 1. The first-order chi connectivity index (χ1) is 14.4. The molecule has 0 spiro atoms. The summed E-state index contributed by atoms with van der Waals surface area (Å²) in [4.78, 5) is 39.8. The summed E-state index contributed by atoms with van der Waals surface area (Å²) >= 11 is 6.13. The molecule has 3 aliphatic rings. The lowest BCUT2D eigenvalue weighted by atomic mass is 9.85. The molecule has 2 aromatic carbocycles. The molecule has 4 atom stereocenters. The van der Waals surface area contributed by atoms with Gasteiger partial charge in [0.2, 0.25) is 11.8 Å². The van der Waals surface area contributed by atoms with Gasteiger partial charge in [0, 0.05) is 10.6 Å². The molecule has 0 aromatic heterocycles. The smallest absolute Gasteiger partial charge is 0.238 e. The standard InChI is InChI=1S/C23H17ClFNO4/c24-15-5-8-19(30-11-18(27)12-3-6-16(25)7-4-12)17(10-15)26-22(28)20-13-1-2-14(9-13)21(20)23(26)29/h1-8,10,13-14,20-21H,9,11H2/t13-,14+,20-,21-/m0/s1. The number of rotatable bonds is 5. The Kier molecular flexibility index (Phi) is 4.47. The van der Waals surface area contributed by atoms with Crippen LogP contribution in [0.5, 0.6) is 5.75 Å². The van der Waals surface area contributed by atoms with Gasteiger partial charge in [0.15, 0.2) is 12.4 Å². The highest BCUT2D eigenvalue weighted by molar-refractivity contribution is 6.31.